The van der Waals surface area contributed by atoms with Crippen molar-refractivity contribution in [2.75, 3.05) is 11.9 Å². The Morgan fingerprint density at radius 1 is 1.35 bits per heavy atom. The highest BCUT2D eigenvalue weighted by molar-refractivity contribution is 7.89. The van der Waals surface area contributed by atoms with Gasteiger partial charge in [0.25, 0.3) is 0 Å². The molecule has 1 atom stereocenters. The molecular weight excluding hydrogens is 280 g/mol. The van der Waals surface area contributed by atoms with Gasteiger partial charge in [-0.1, -0.05) is 13.8 Å². The zero-order chi connectivity index (χ0) is 15.3. The minimum absolute atomic E-state index is 0.0496. The number of hydrogen-bond donors (Lipinski definition) is 3. The highest BCUT2D eigenvalue weighted by atomic mass is 32.2. The lowest BCUT2D eigenvalue weighted by Gasteiger charge is -2.16. The van der Waals surface area contributed by atoms with E-state index in [1.165, 1.54) is 18.2 Å². The van der Waals surface area contributed by atoms with Crippen molar-refractivity contribution in [1.29, 1.82) is 0 Å². The van der Waals surface area contributed by atoms with Gasteiger partial charge in [-0.2, -0.15) is 0 Å². The van der Waals surface area contributed by atoms with Gasteiger partial charge in [0.05, 0.1) is 10.5 Å². The molecule has 0 unspecified atom stereocenters. The molecule has 0 fully saturated rings. The number of rotatable bonds is 7. The molecule has 0 bridgehead atoms. The van der Waals surface area contributed by atoms with Crippen LogP contribution in [0.4, 0.5) is 5.69 Å². The molecular formula is C13H20N2O4S. The van der Waals surface area contributed by atoms with Crippen LogP contribution in [0.15, 0.2) is 23.1 Å². The molecule has 0 heterocycles. The van der Waals surface area contributed by atoms with Crippen molar-refractivity contribution in [2.24, 2.45) is 0 Å². The van der Waals surface area contributed by atoms with Crippen molar-refractivity contribution in [2.45, 2.75) is 38.1 Å². The molecule has 0 aliphatic carbocycles. The van der Waals surface area contributed by atoms with E-state index in [9.17, 15) is 18.3 Å². The Labute approximate surface area is 119 Å². The number of carboxylic acids is 1. The van der Waals surface area contributed by atoms with E-state index in [0.717, 1.165) is 6.42 Å². The standard InChI is InChI=1S/C13H20N2O4S/c1-4-9(3)15-12-7-6-10(8-11(12)13(16)17)20(18,19)14-5-2/h6-9,14-15H,4-5H2,1-3H3,(H,16,17)/t9-/m1/s1. The summed E-state index contributed by atoms with van der Waals surface area (Å²) in [6, 6.07) is 4.16. The van der Waals surface area contributed by atoms with E-state index in [0.29, 0.717) is 5.69 Å². The number of carbonyl (C=O) groups is 1. The van der Waals surface area contributed by atoms with Crippen molar-refractivity contribution in [3.05, 3.63) is 23.8 Å². The van der Waals surface area contributed by atoms with Crippen LogP contribution in [0.3, 0.4) is 0 Å². The van der Waals surface area contributed by atoms with Crippen LogP contribution in [-0.4, -0.2) is 32.1 Å². The lowest BCUT2D eigenvalue weighted by molar-refractivity contribution is 0.0697. The van der Waals surface area contributed by atoms with Gasteiger partial charge in [0.1, 0.15) is 0 Å². The van der Waals surface area contributed by atoms with Gasteiger partial charge in [-0.15, -0.1) is 0 Å². The molecule has 0 spiro atoms. The van der Waals surface area contributed by atoms with Gasteiger partial charge in [-0.25, -0.2) is 17.9 Å². The number of hydrogen-bond acceptors (Lipinski definition) is 4. The summed E-state index contributed by atoms with van der Waals surface area (Å²) in [5, 5.41) is 12.3. The minimum atomic E-state index is -3.66. The fourth-order valence-electron chi connectivity index (χ4n) is 1.63. The largest absolute Gasteiger partial charge is 0.478 e. The number of nitrogens with one attached hydrogen (secondary N) is 2. The van der Waals surface area contributed by atoms with Crippen LogP contribution in [0.2, 0.25) is 0 Å². The van der Waals surface area contributed by atoms with Crippen molar-refractivity contribution in [1.82, 2.24) is 4.72 Å². The number of benzene rings is 1. The Morgan fingerprint density at radius 2 is 2.00 bits per heavy atom. The number of aromatic carboxylic acids is 1. The summed E-state index contributed by atoms with van der Waals surface area (Å²) in [5.41, 5.74) is 0.367. The fourth-order valence-corrected chi connectivity index (χ4v) is 2.70. The molecule has 1 aromatic rings. The predicted octanol–water partition coefficient (Wildman–Crippen LogP) is 1.89. The van der Waals surface area contributed by atoms with Crippen LogP contribution in [-0.2, 0) is 10.0 Å². The summed E-state index contributed by atoms with van der Waals surface area (Å²) in [6.07, 6.45) is 0.830. The lowest BCUT2D eigenvalue weighted by atomic mass is 10.1. The second kappa shape index (κ2) is 6.71. The van der Waals surface area contributed by atoms with Gasteiger partial charge in [0.2, 0.25) is 10.0 Å². The first-order valence-corrected chi connectivity index (χ1v) is 7.93. The molecule has 0 radical (unpaired) electrons. The molecule has 20 heavy (non-hydrogen) atoms. The smallest absolute Gasteiger partial charge is 0.337 e. The molecule has 112 valence electrons. The molecule has 0 aliphatic rings. The molecule has 6 nitrogen and oxygen atoms in total. The van der Waals surface area contributed by atoms with Gasteiger partial charge in [-0.3, -0.25) is 0 Å². The number of carboxylic acid groups (broad SMARTS) is 1. The summed E-state index contributed by atoms with van der Waals surface area (Å²) in [4.78, 5) is 11.2. The van der Waals surface area contributed by atoms with Crippen molar-refractivity contribution in [3.8, 4) is 0 Å². The van der Waals surface area contributed by atoms with Crippen LogP contribution in [0.1, 0.15) is 37.6 Å². The van der Waals surface area contributed by atoms with Crippen molar-refractivity contribution < 1.29 is 18.3 Å². The Balaban J connectivity index is 3.23. The maximum absolute atomic E-state index is 11.9. The van der Waals surface area contributed by atoms with E-state index in [2.05, 4.69) is 10.0 Å². The quantitative estimate of drug-likeness (QED) is 0.714. The third-order valence-corrected chi connectivity index (χ3v) is 4.42. The second-order valence-electron chi connectivity index (χ2n) is 4.47. The van der Waals surface area contributed by atoms with Crippen molar-refractivity contribution >= 4 is 21.7 Å². The summed E-state index contributed by atoms with van der Waals surface area (Å²) in [6.45, 7) is 5.81. The monoisotopic (exact) mass is 300 g/mol. The Kier molecular flexibility index (Phi) is 5.52. The third-order valence-electron chi connectivity index (χ3n) is 2.88. The minimum Gasteiger partial charge on any atom is -0.478 e. The average Bonchev–Trinajstić information content (AvgIpc) is 2.38. The molecule has 3 N–H and O–H groups in total. The van der Waals surface area contributed by atoms with Gasteiger partial charge in [-0.05, 0) is 31.5 Å². The molecule has 1 aromatic carbocycles. The Hall–Kier alpha value is -1.60. The molecule has 7 heteroatoms. The topological polar surface area (TPSA) is 95.5 Å². The van der Waals surface area contributed by atoms with E-state index in [-0.39, 0.29) is 23.0 Å². The maximum Gasteiger partial charge on any atom is 0.337 e. The fraction of sp³-hybridized carbons (Fsp3) is 0.462. The van der Waals surface area contributed by atoms with Gasteiger partial charge >= 0.3 is 5.97 Å². The first-order chi connectivity index (χ1) is 9.31. The van der Waals surface area contributed by atoms with Crippen molar-refractivity contribution in [3.63, 3.8) is 0 Å². The van der Waals surface area contributed by atoms with Crippen LogP contribution in [0.5, 0.6) is 0 Å². The highest BCUT2D eigenvalue weighted by Crippen LogP contribution is 2.21. The summed E-state index contributed by atoms with van der Waals surface area (Å²) in [5.74, 6) is -1.16. The van der Waals surface area contributed by atoms with Crippen LogP contribution < -0.4 is 10.0 Å². The zero-order valence-corrected chi connectivity index (χ0v) is 12.6. The lowest BCUT2D eigenvalue weighted by Crippen LogP contribution is -2.24. The van der Waals surface area contributed by atoms with Gasteiger partial charge in [0.15, 0.2) is 0 Å². The number of sulfonamides is 1. The summed E-state index contributed by atoms with van der Waals surface area (Å²) in [7, 11) is -3.66. The highest BCUT2D eigenvalue weighted by Gasteiger charge is 2.18. The first-order valence-electron chi connectivity index (χ1n) is 6.45. The molecule has 0 aliphatic heterocycles. The second-order valence-corrected chi connectivity index (χ2v) is 6.23. The predicted molar refractivity (Wildman–Crippen MR) is 77.6 cm³/mol. The average molecular weight is 300 g/mol. The number of anilines is 1. The first kappa shape index (κ1) is 16.5. The summed E-state index contributed by atoms with van der Waals surface area (Å²) >= 11 is 0. The molecule has 1 rings (SSSR count). The van der Waals surface area contributed by atoms with Gasteiger partial charge < -0.3 is 10.4 Å². The Morgan fingerprint density at radius 3 is 2.50 bits per heavy atom. The van der Waals surface area contributed by atoms with Crippen LogP contribution >= 0.6 is 0 Å². The van der Waals surface area contributed by atoms with Crippen LogP contribution in [0, 0.1) is 0 Å². The van der Waals surface area contributed by atoms with E-state index < -0.39 is 16.0 Å². The molecule has 0 aromatic heterocycles. The van der Waals surface area contributed by atoms with E-state index in [4.69, 9.17) is 0 Å². The zero-order valence-electron chi connectivity index (χ0n) is 11.8. The van der Waals surface area contributed by atoms with E-state index >= 15 is 0 Å². The van der Waals surface area contributed by atoms with E-state index in [1.54, 1.807) is 6.92 Å². The third kappa shape index (κ3) is 3.94. The normalized spacial score (nSPS) is 12.9. The molecule has 0 saturated carbocycles. The van der Waals surface area contributed by atoms with E-state index in [1.807, 2.05) is 13.8 Å². The SMILES string of the molecule is CCNS(=O)(=O)c1ccc(N[C@H](C)CC)c(C(=O)O)c1. The van der Waals surface area contributed by atoms with Gasteiger partial charge in [0, 0.05) is 18.3 Å². The maximum atomic E-state index is 11.9. The van der Waals surface area contributed by atoms with Crippen LogP contribution in [0.25, 0.3) is 0 Å². The molecule has 0 saturated heterocycles. The summed E-state index contributed by atoms with van der Waals surface area (Å²) < 4.78 is 26.1. The Bertz CT molecular complexity index is 584. The molecule has 0 amide bonds.